The molecule has 0 bridgehead atoms. The highest BCUT2D eigenvalue weighted by Crippen LogP contribution is 2.32. The third-order valence-electron chi connectivity index (χ3n) is 4.02. The Kier molecular flexibility index (Phi) is 3.91. The van der Waals surface area contributed by atoms with Gasteiger partial charge in [0.25, 0.3) is 0 Å². The van der Waals surface area contributed by atoms with Gasteiger partial charge in [-0.25, -0.2) is 0 Å². The molecule has 1 atom stereocenters. The summed E-state index contributed by atoms with van der Waals surface area (Å²) in [4.78, 5) is 0. The first-order valence-electron chi connectivity index (χ1n) is 8.06. The molecule has 122 valence electrons. The number of aromatic nitrogens is 2. The van der Waals surface area contributed by atoms with Crippen molar-refractivity contribution in [3.63, 3.8) is 0 Å². The van der Waals surface area contributed by atoms with Gasteiger partial charge in [-0.05, 0) is 42.7 Å². The lowest BCUT2D eigenvalue weighted by molar-refractivity contribution is 0.0851. The number of aryl methyl sites for hydroxylation is 2. The Morgan fingerprint density at radius 3 is 2.75 bits per heavy atom. The number of nitrogens with zero attached hydrogens (tertiary/aromatic N) is 2. The van der Waals surface area contributed by atoms with Crippen molar-refractivity contribution in [3.8, 4) is 23.0 Å². The van der Waals surface area contributed by atoms with Crippen LogP contribution in [0, 0.1) is 6.92 Å². The van der Waals surface area contributed by atoms with Crippen molar-refractivity contribution in [2.24, 2.45) is 0 Å². The van der Waals surface area contributed by atoms with Crippen LogP contribution >= 0.6 is 0 Å². The van der Waals surface area contributed by atoms with Gasteiger partial charge >= 0.3 is 0 Å². The normalized spacial score (nSPS) is 16.1. The number of ether oxygens (including phenoxy) is 2. The summed E-state index contributed by atoms with van der Waals surface area (Å²) >= 11 is 0. The fraction of sp³-hybridized carbons (Fsp3) is 0.263. The van der Waals surface area contributed by atoms with Crippen molar-refractivity contribution in [3.05, 3.63) is 60.0 Å². The second-order valence-electron chi connectivity index (χ2n) is 5.86. The van der Waals surface area contributed by atoms with Crippen LogP contribution in [0.25, 0.3) is 11.5 Å². The smallest absolute Gasteiger partial charge is 0.247 e. The van der Waals surface area contributed by atoms with Crippen LogP contribution in [-0.4, -0.2) is 22.9 Å². The van der Waals surface area contributed by atoms with Crippen LogP contribution in [0.15, 0.2) is 52.9 Å². The topological polar surface area (TPSA) is 57.4 Å². The molecule has 0 amide bonds. The van der Waals surface area contributed by atoms with Crippen LogP contribution in [0.3, 0.4) is 0 Å². The average Bonchev–Trinajstić information content (AvgIpc) is 3.06. The van der Waals surface area contributed by atoms with Crippen LogP contribution < -0.4 is 9.47 Å². The quantitative estimate of drug-likeness (QED) is 0.731. The van der Waals surface area contributed by atoms with E-state index in [1.54, 1.807) is 6.92 Å². The Morgan fingerprint density at radius 1 is 1.04 bits per heavy atom. The molecule has 24 heavy (non-hydrogen) atoms. The summed E-state index contributed by atoms with van der Waals surface area (Å²) in [6, 6.07) is 16.0. The molecule has 0 radical (unpaired) electrons. The SMILES string of the molecule is Cc1nnc(-c2cccc(CCC3COc4ccccc4O3)c2)o1. The zero-order valence-corrected chi connectivity index (χ0v) is 13.4. The van der Waals surface area contributed by atoms with Crippen LogP contribution in [0.5, 0.6) is 11.5 Å². The molecule has 1 aromatic heterocycles. The predicted molar refractivity (Wildman–Crippen MR) is 89.1 cm³/mol. The maximum Gasteiger partial charge on any atom is 0.247 e. The van der Waals surface area contributed by atoms with E-state index in [1.165, 1.54) is 5.56 Å². The highest BCUT2D eigenvalue weighted by Gasteiger charge is 2.20. The minimum absolute atomic E-state index is 0.0641. The van der Waals surface area contributed by atoms with Crippen molar-refractivity contribution in [2.75, 3.05) is 6.61 Å². The highest BCUT2D eigenvalue weighted by molar-refractivity contribution is 5.53. The van der Waals surface area contributed by atoms with E-state index in [0.29, 0.717) is 18.4 Å². The fourth-order valence-corrected chi connectivity index (χ4v) is 2.81. The summed E-state index contributed by atoms with van der Waals surface area (Å²) in [6.45, 7) is 2.37. The van der Waals surface area contributed by atoms with Gasteiger partial charge in [0.1, 0.15) is 12.7 Å². The largest absolute Gasteiger partial charge is 0.486 e. The number of benzene rings is 2. The van der Waals surface area contributed by atoms with Gasteiger partial charge in [0.05, 0.1) is 0 Å². The molecule has 0 saturated carbocycles. The molecule has 4 rings (SSSR count). The van der Waals surface area contributed by atoms with Gasteiger partial charge in [-0.3, -0.25) is 0 Å². The molecule has 0 aliphatic carbocycles. The minimum Gasteiger partial charge on any atom is -0.486 e. The third-order valence-corrected chi connectivity index (χ3v) is 4.02. The fourth-order valence-electron chi connectivity index (χ4n) is 2.81. The van der Waals surface area contributed by atoms with Gasteiger partial charge in [-0.1, -0.05) is 24.3 Å². The minimum atomic E-state index is 0.0641. The number of para-hydroxylation sites is 2. The summed E-state index contributed by atoms with van der Waals surface area (Å²) in [6.07, 6.45) is 1.85. The van der Waals surface area contributed by atoms with Gasteiger partial charge in [0.2, 0.25) is 11.8 Å². The van der Waals surface area contributed by atoms with E-state index < -0.39 is 0 Å². The molecule has 5 nitrogen and oxygen atoms in total. The molecule has 1 aliphatic heterocycles. The monoisotopic (exact) mass is 322 g/mol. The molecular weight excluding hydrogens is 304 g/mol. The lowest BCUT2D eigenvalue weighted by atomic mass is 10.0. The maximum absolute atomic E-state index is 6.01. The molecular formula is C19H18N2O3. The molecule has 1 unspecified atom stereocenters. The molecule has 0 fully saturated rings. The van der Waals surface area contributed by atoms with E-state index >= 15 is 0 Å². The van der Waals surface area contributed by atoms with Gasteiger partial charge in [-0.2, -0.15) is 0 Å². The average molecular weight is 322 g/mol. The van der Waals surface area contributed by atoms with Gasteiger partial charge in [0, 0.05) is 12.5 Å². The Balaban J connectivity index is 1.42. The van der Waals surface area contributed by atoms with Gasteiger partial charge in [-0.15, -0.1) is 10.2 Å². The van der Waals surface area contributed by atoms with E-state index in [2.05, 4.69) is 22.3 Å². The van der Waals surface area contributed by atoms with Crippen LogP contribution in [0.1, 0.15) is 17.9 Å². The molecule has 0 spiro atoms. The van der Waals surface area contributed by atoms with Gasteiger partial charge < -0.3 is 13.9 Å². The Hall–Kier alpha value is -2.82. The summed E-state index contributed by atoms with van der Waals surface area (Å²) in [5.41, 5.74) is 2.16. The second-order valence-corrected chi connectivity index (χ2v) is 5.86. The summed E-state index contributed by atoms with van der Waals surface area (Å²) in [5.74, 6) is 2.77. The van der Waals surface area contributed by atoms with Crippen molar-refractivity contribution in [1.82, 2.24) is 10.2 Å². The molecule has 0 N–H and O–H groups in total. The van der Waals surface area contributed by atoms with E-state index in [0.717, 1.165) is 29.9 Å². The van der Waals surface area contributed by atoms with Crippen molar-refractivity contribution in [2.45, 2.75) is 25.9 Å². The van der Waals surface area contributed by atoms with E-state index in [9.17, 15) is 0 Å². The summed E-state index contributed by atoms with van der Waals surface area (Å²) < 4.78 is 17.3. The standard InChI is InChI=1S/C19H18N2O3/c1-13-20-21-19(23-13)15-6-4-5-14(11-15)9-10-16-12-22-17-7-2-3-8-18(17)24-16/h2-8,11,16H,9-10,12H2,1H3. The first-order valence-corrected chi connectivity index (χ1v) is 8.06. The second kappa shape index (κ2) is 6.35. The third kappa shape index (κ3) is 3.11. The molecule has 5 heteroatoms. The zero-order valence-electron chi connectivity index (χ0n) is 13.4. The van der Waals surface area contributed by atoms with Crippen molar-refractivity contribution < 1.29 is 13.9 Å². The maximum atomic E-state index is 6.01. The predicted octanol–water partition coefficient (Wildman–Crippen LogP) is 3.82. The zero-order chi connectivity index (χ0) is 16.4. The van der Waals surface area contributed by atoms with E-state index in [4.69, 9.17) is 13.9 Å². The lowest BCUT2D eigenvalue weighted by Crippen LogP contribution is -2.29. The molecule has 3 aromatic rings. The van der Waals surface area contributed by atoms with E-state index in [1.807, 2.05) is 36.4 Å². The Morgan fingerprint density at radius 2 is 1.92 bits per heavy atom. The Bertz CT molecular complexity index is 844. The van der Waals surface area contributed by atoms with Crippen molar-refractivity contribution >= 4 is 0 Å². The first kappa shape index (κ1) is 14.8. The summed E-state index contributed by atoms with van der Waals surface area (Å²) in [5, 5.41) is 7.95. The van der Waals surface area contributed by atoms with E-state index in [-0.39, 0.29) is 6.10 Å². The Labute approximate surface area is 140 Å². The van der Waals surface area contributed by atoms with Crippen LogP contribution in [0.2, 0.25) is 0 Å². The number of hydrogen-bond acceptors (Lipinski definition) is 5. The number of rotatable bonds is 4. The lowest BCUT2D eigenvalue weighted by Gasteiger charge is -2.26. The van der Waals surface area contributed by atoms with Gasteiger partial charge in [0.15, 0.2) is 11.5 Å². The highest BCUT2D eigenvalue weighted by atomic mass is 16.6. The van der Waals surface area contributed by atoms with Crippen LogP contribution in [-0.2, 0) is 6.42 Å². The first-order chi connectivity index (χ1) is 11.8. The molecule has 0 saturated heterocycles. The number of fused-ring (bicyclic) bond motifs is 1. The molecule has 1 aliphatic rings. The van der Waals surface area contributed by atoms with Crippen LogP contribution in [0.4, 0.5) is 0 Å². The van der Waals surface area contributed by atoms with Crippen molar-refractivity contribution in [1.29, 1.82) is 0 Å². The number of hydrogen-bond donors (Lipinski definition) is 0. The summed E-state index contributed by atoms with van der Waals surface area (Å²) in [7, 11) is 0. The molecule has 2 heterocycles. The molecule has 2 aromatic carbocycles.